The number of hydrogen-bond donors (Lipinski definition) is 3. The van der Waals surface area contributed by atoms with Gasteiger partial charge in [0.1, 0.15) is 6.04 Å². The number of aromatic nitrogens is 1. The molecule has 0 bridgehead atoms. The zero-order valence-electron chi connectivity index (χ0n) is 24.8. The highest BCUT2D eigenvalue weighted by atomic mass is 16.2. The molecule has 0 saturated carbocycles. The fraction of sp³-hybridized carbons (Fsp3) is 0.343. The molecule has 0 unspecified atom stereocenters. The van der Waals surface area contributed by atoms with Gasteiger partial charge in [0, 0.05) is 66.4 Å². The Labute approximate surface area is 252 Å². The highest BCUT2D eigenvalue weighted by molar-refractivity contribution is 5.99. The van der Waals surface area contributed by atoms with Gasteiger partial charge in [0.25, 0.3) is 5.91 Å². The second-order valence-electron chi connectivity index (χ2n) is 12.0. The molecule has 3 aromatic carbocycles. The van der Waals surface area contributed by atoms with E-state index >= 15 is 0 Å². The number of carbonyl (C=O) groups excluding carboxylic acids is 3. The summed E-state index contributed by atoms with van der Waals surface area (Å²) in [6.07, 6.45) is 4.04. The van der Waals surface area contributed by atoms with Crippen LogP contribution in [0.4, 0.5) is 5.69 Å². The molecule has 4 aromatic rings. The minimum atomic E-state index is -0.783. The van der Waals surface area contributed by atoms with Crippen molar-refractivity contribution in [3.8, 4) is 0 Å². The average Bonchev–Trinajstić information content (AvgIpc) is 3.47. The summed E-state index contributed by atoms with van der Waals surface area (Å²) < 4.78 is 0. The van der Waals surface area contributed by atoms with Gasteiger partial charge >= 0.3 is 0 Å². The third-order valence-corrected chi connectivity index (χ3v) is 9.04. The van der Waals surface area contributed by atoms with Gasteiger partial charge < -0.3 is 25.4 Å². The second kappa shape index (κ2) is 12.4. The Morgan fingerprint density at radius 1 is 0.907 bits per heavy atom. The topological polar surface area (TPSA) is 97.5 Å². The van der Waals surface area contributed by atoms with Crippen LogP contribution < -0.4 is 10.6 Å². The molecule has 2 aliphatic heterocycles. The lowest BCUT2D eigenvalue weighted by Gasteiger charge is -2.33. The summed E-state index contributed by atoms with van der Waals surface area (Å²) >= 11 is 0. The van der Waals surface area contributed by atoms with Crippen LogP contribution in [0.2, 0.25) is 0 Å². The zero-order chi connectivity index (χ0) is 29.9. The molecule has 3 amide bonds. The molecule has 3 heterocycles. The van der Waals surface area contributed by atoms with Gasteiger partial charge in [-0.1, -0.05) is 49.4 Å². The standard InChI is InChI=1S/C35H39N5O3/c1-23(30-21-36-31-11-7-6-10-29(30)31)32(34(42)37-28-13-12-24-14-17-39(2)22-27(24)20-28)38-33(41)25-15-18-40(19-16-25)35(43)26-8-4-3-5-9-26/h3-13,20-21,23,25,32,36H,14-19,22H2,1-2H3,(H,37,42)(H,38,41)/t23-,32-/m1/s1. The summed E-state index contributed by atoms with van der Waals surface area (Å²) in [5.41, 5.74) is 5.88. The van der Waals surface area contributed by atoms with E-state index in [4.69, 9.17) is 0 Å². The molecular weight excluding hydrogens is 538 g/mol. The molecule has 2 atom stereocenters. The Morgan fingerprint density at radius 3 is 2.44 bits per heavy atom. The Balaban J connectivity index is 1.19. The van der Waals surface area contributed by atoms with Crippen LogP contribution in [0, 0.1) is 5.92 Å². The van der Waals surface area contributed by atoms with E-state index in [1.165, 1.54) is 11.1 Å². The van der Waals surface area contributed by atoms with Crippen molar-refractivity contribution < 1.29 is 14.4 Å². The van der Waals surface area contributed by atoms with Crippen molar-refractivity contribution in [2.75, 3.05) is 32.0 Å². The number of aromatic amines is 1. The van der Waals surface area contributed by atoms with Crippen LogP contribution in [-0.4, -0.2) is 65.2 Å². The molecule has 6 rings (SSSR count). The maximum Gasteiger partial charge on any atom is 0.253 e. The van der Waals surface area contributed by atoms with Crippen LogP contribution in [0.5, 0.6) is 0 Å². The lowest BCUT2D eigenvalue weighted by molar-refractivity contribution is -0.130. The van der Waals surface area contributed by atoms with E-state index in [9.17, 15) is 14.4 Å². The van der Waals surface area contributed by atoms with E-state index < -0.39 is 6.04 Å². The molecule has 8 heteroatoms. The van der Waals surface area contributed by atoms with Crippen LogP contribution in [0.25, 0.3) is 10.9 Å². The molecule has 2 aliphatic rings. The maximum atomic E-state index is 13.9. The monoisotopic (exact) mass is 577 g/mol. The molecular formula is C35H39N5O3. The van der Waals surface area contributed by atoms with Crippen molar-refractivity contribution in [2.45, 2.75) is 44.7 Å². The second-order valence-corrected chi connectivity index (χ2v) is 12.0. The van der Waals surface area contributed by atoms with Gasteiger partial charge in [0.05, 0.1) is 0 Å². The van der Waals surface area contributed by atoms with E-state index in [1.807, 2.05) is 78.7 Å². The first-order valence-corrected chi connectivity index (χ1v) is 15.2. The van der Waals surface area contributed by atoms with Crippen molar-refractivity contribution in [1.29, 1.82) is 0 Å². The van der Waals surface area contributed by atoms with Crippen molar-refractivity contribution >= 4 is 34.3 Å². The Kier molecular flexibility index (Phi) is 8.29. The summed E-state index contributed by atoms with van der Waals surface area (Å²) in [6, 6.07) is 22.6. The summed E-state index contributed by atoms with van der Waals surface area (Å²) in [5, 5.41) is 7.27. The molecule has 0 radical (unpaired) electrons. The van der Waals surface area contributed by atoms with E-state index in [0.29, 0.717) is 31.5 Å². The molecule has 0 aliphatic carbocycles. The number of benzene rings is 3. The van der Waals surface area contributed by atoms with Gasteiger partial charge in [0.2, 0.25) is 11.8 Å². The highest BCUT2D eigenvalue weighted by Gasteiger charge is 2.34. The average molecular weight is 578 g/mol. The van der Waals surface area contributed by atoms with Gasteiger partial charge in [-0.25, -0.2) is 0 Å². The number of para-hydroxylation sites is 1. The molecule has 8 nitrogen and oxygen atoms in total. The van der Waals surface area contributed by atoms with Gasteiger partial charge in [0.15, 0.2) is 0 Å². The van der Waals surface area contributed by atoms with E-state index in [2.05, 4.69) is 39.7 Å². The summed E-state index contributed by atoms with van der Waals surface area (Å²) in [7, 11) is 2.10. The van der Waals surface area contributed by atoms with Crippen LogP contribution in [0.15, 0.2) is 79.0 Å². The number of carbonyl (C=O) groups is 3. The van der Waals surface area contributed by atoms with E-state index in [-0.39, 0.29) is 29.6 Å². The van der Waals surface area contributed by atoms with Crippen molar-refractivity contribution in [2.24, 2.45) is 5.92 Å². The predicted molar refractivity (Wildman–Crippen MR) is 169 cm³/mol. The van der Waals surface area contributed by atoms with Crippen LogP contribution >= 0.6 is 0 Å². The lowest BCUT2D eigenvalue weighted by Crippen LogP contribution is -2.50. The quantitative estimate of drug-likeness (QED) is 0.290. The third kappa shape index (κ3) is 6.20. The number of nitrogens with zero attached hydrogens (tertiary/aromatic N) is 2. The summed E-state index contributed by atoms with van der Waals surface area (Å²) in [6.45, 7) is 4.86. The molecule has 1 saturated heterocycles. The van der Waals surface area contributed by atoms with Crippen molar-refractivity contribution in [3.05, 3.63) is 101 Å². The van der Waals surface area contributed by atoms with E-state index in [0.717, 1.165) is 41.7 Å². The molecule has 0 spiro atoms. The molecule has 43 heavy (non-hydrogen) atoms. The highest BCUT2D eigenvalue weighted by Crippen LogP contribution is 2.30. The molecule has 1 aromatic heterocycles. The fourth-order valence-electron chi connectivity index (χ4n) is 6.44. The molecule has 1 fully saturated rings. The van der Waals surface area contributed by atoms with E-state index in [1.54, 1.807) is 0 Å². The van der Waals surface area contributed by atoms with Crippen molar-refractivity contribution in [1.82, 2.24) is 20.1 Å². The van der Waals surface area contributed by atoms with Gasteiger partial charge in [-0.15, -0.1) is 0 Å². The minimum Gasteiger partial charge on any atom is -0.361 e. The van der Waals surface area contributed by atoms with Crippen LogP contribution in [0.3, 0.4) is 0 Å². The number of likely N-dealkylation sites (N-methyl/N-ethyl adjacent to an activating group) is 1. The zero-order valence-corrected chi connectivity index (χ0v) is 24.8. The van der Waals surface area contributed by atoms with Crippen LogP contribution in [-0.2, 0) is 22.6 Å². The Hall–Kier alpha value is -4.43. The number of rotatable bonds is 7. The normalized spacial score (nSPS) is 17.2. The lowest BCUT2D eigenvalue weighted by atomic mass is 9.90. The third-order valence-electron chi connectivity index (χ3n) is 9.04. The largest absolute Gasteiger partial charge is 0.361 e. The number of piperidine rings is 1. The number of likely N-dealkylation sites (tertiary alicyclic amines) is 1. The molecule has 222 valence electrons. The number of amides is 3. The maximum absolute atomic E-state index is 13.9. The SMILES string of the molecule is C[C@H](c1c[nH]c2ccccc12)[C@@H](NC(=O)C1CCN(C(=O)c2ccccc2)CC1)C(=O)Nc1ccc2c(c1)CN(C)CC2. The van der Waals surface area contributed by atoms with Gasteiger partial charge in [-0.2, -0.15) is 0 Å². The number of anilines is 1. The summed E-state index contributed by atoms with van der Waals surface area (Å²) in [4.78, 5) is 47.9. The first kappa shape index (κ1) is 28.7. The van der Waals surface area contributed by atoms with Crippen LogP contribution in [0.1, 0.15) is 52.7 Å². The minimum absolute atomic E-state index is 0.0130. The Morgan fingerprint density at radius 2 is 1.65 bits per heavy atom. The van der Waals surface area contributed by atoms with Gasteiger partial charge in [-0.3, -0.25) is 14.4 Å². The molecule has 3 N–H and O–H groups in total. The number of fused-ring (bicyclic) bond motifs is 2. The predicted octanol–water partition coefficient (Wildman–Crippen LogP) is 4.94. The smallest absolute Gasteiger partial charge is 0.253 e. The first-order chi connectivity index (χ1) is 20.9. The van der Waals surface area contributed by atoms with Crippen molar-refractivity contribution in [3.63, 3.8) is 0 Å². The van der Waals surface area contributed by atoms with Gasteiger partial charge in [-0.05, 0) is 73.3 Å². The number of nitrogens with one attached hydrogen (secondary N) is 3. The first-order valence-electron chi connectivity index (χ1n) is 15.2. The number of hydrogen-bond acceptors (Lipinski definition) is 4. The number of H-pyrrole nitrogens is 1. The fourth-order valence-corrected chi connectivity index (χ4v) is 6.44. The Bertz CT molecular complexity index is 1620. The summed E-state index contributed by atoms with van der Waals surface area (Å²) in [5.74, 6) is -0.966.